The molecule has 2 atom stereocenters. The van der Waals surface area contributed by atoms with Crippen LogP contribution in [-0.4, -0.2) is 75.6 Å². The second-order valence-electron chi connectivity index (χ2n) is 22.4. The lowest BCUT2D eigenvalue weighted by Crippen LogP contribution is -2.37. The molecule has 71 heavy (non-hydrogen) atoms. The van der Waals surface area contributed by atoms with Crippen molar-refractivity contribution < 1.29 is 37.3 Å². The lowest BCUT2D eigenvalue weighted by atomic mass is 10.0. The van der Waals surface area contributed by atoms with Gasteiger partial charge in [0.2, 0.25) is 0 Å². The minimum absolute atomic E-state index is 0.0911. The van der Waals surface area contributed by atoms with Crippen molar-refractivity contribution in [1.29, 1.82) is 0 Å². The van der Waals surface area contributed by atoms with E-state index in [4.69, 9.17) is 18.5 Å². The van der Waals surface area contributed by atoms with Crippen molar-refractivity contribution in [1.82, 2.24) is 0 Å². The lowest BCUT2D eigenvalue weighted by Gasteiger charge is -2.24. The molecule has 0 saturated heterocycles. The second kappa shape index (κ2) is 55.2. The summed E-state index contributed by atoms with van der Waals surface area (Å²) in [6.07, 6.45) is 68.3. The SMILES string of the molecule is CCCCCCC/C=C\C/C=C\CCCCCCCCCCCCCC(=O)OC(COCCCCCCCCCCCCCCCCCCCCCCCCCCCC)COP(=O)(O)OCC[N+](C)(C)C. The van der Waals surface area contributed by atoms with E-state index in [0.29, 0.717) is 24.1 Å². The Labute approximate surface area is 443 Å². The van der Waals surface area contributed by atoms with Gasteiger partial charge in [-0.25, -0.2) is 4.57 Å². The first kappa shape index (κ1) is 70.0. The predicted octanol–water partition coefficient (Wildman–Crippen LogP) is 19.9. The van der Waals surface area contributed by atoms with E-state index >= 15 is 0 Å². The molecule has 0 aliphatic heterocycles. The number of hydrogen-bond acceptors (Lipinski definition) is 6. The minimum Gasteiger partial charge on any atom is -0.457 e. The summed E-state index contributed by atoms with van der Waals surface area (Å²) in [6.45, 7) is 5.69. The summed E-state index contributed by atoms with van der Waals surface area (Å²) in [4.78, 5) is 23.1. The number of rotatable bonds is 59. The van der Waals surface area contributed by atoms with Gasteiger partial charge in [-0.05, 0) is 44.9 Å². The Balaban J connectivity index is 3.99. The highest BCUT2D eigenvalue weighted by Gasteiger charge is 2.26. The Morgan fingerprint density at radius 2 is 0.775 bits per heavy atom. The van der Waals surface area contributed by atoms with Crippen molar-refractivity contribution in [2.45, 2.75) is 315 Å². The number of quaternary nitrogens is 1. The summed E-state index contributed by atoms with van der Waals surface area (Å²) in [7, 11) is 1.68. The summed E-state index contributed by atoms with van der Waals surface area (Å²) < 4.78 is 35.3. The van der Waals surface area contributed by atoms with Gasteiger partial charge in [-0.1, -0.05) is 282 Å². The molecule has 0 spiro atoms. The summed E-state index contributed by atoms with van der Waals surface area (Å²) in [5.74, 6) is -0.308. The fourth-order valence-electron chi connectivity index (χ4n) is 9.24. The Kier molecular flexibility index (Phi) is 54.4. The number of hydrogen-bond donors (Lipinski definition) is 1. The molecule has 0 aliphatic rings. The van der Waals surface area contributed by atoms with E-state index < -0.39 is 13.9 Å². The predicted molar refractivity (Wildman–Crippen MR) is 307 cm³/mol. The first-order valence-electron chi connectivity index (χ1n) is 31.1. The third-order valence-electron chi connectivity index (χ3n) is 14.0. The number of esters is 1. The molecule has 0 saturated carbocycles. The molecular formula is C62H123NO7P+. The Bertz CT molecular complexity index is 1190. The van der Waals surface area contributed by atoms with Gasteiger partial charge in [-0.2, -0.15) is 0 Å². The van der Waals surface area contributed by atoms with E-state index in [1.807, 2.05) is 21.1 Å². The molecule has 0 aliphatic carbocycles. The fourth-order valence-corrected chi connectivity index (χ4v) is 9.98. The number of ether oxygens (including phenoxy) is 2. The molecule has 0 amide bonds. The first-order chi connectivity index (χ1) is 34.6. The quantitative estimate of drug-likeness (QED) is 0.0213. The maximum Gasteiger partial charge on any atom is 0.472 e. The molecule has 0 fully saturated rings. The van der Waals surface area contributed by atoms with Gasteiger partial charge in [0.05, 0.1) is 34.4 Å². The van der Waals surface area contributed by atoms with Crippen LogP contribution in [0.15, 0.2) is 24.3 Å². The van der Waals surface area contributed by atoms with Crippen LogP contribution in [0.3, 0.4) is 0 Å². The molecule has 422 valence electrons. The van der Waals surface area contributed by atoms with Crippen molar-refractivity contribution in [2.75, 3.05) is 54.1 Å². The number of carbonyl (C=O) groups is 1. The summed E-state index contributed by atoms with van der Waals surface area (Å²) in [6, 6.07) is 0. The van der Waals surface area contributed by atoms with Crippen LogP contribution in [0.4, 0.5) is 0 Å². The highest BCUT2D eigenvalue weighted by molar-refractivity contribution is 7.47. The fraction of sp³-hybridized carbons (Fsp3) is 0.919. The van der Waals surface area contributed by atoms with Crippen LogP contribution in [-0.2, 0) is 27.9 Å². The van der Waals surface area contributed by atoms with Crippen LogP contribution >= 0.6 is 7.82 Å². The number of likely N-dealkylation sites (N-methyl/N-ethyl adjacent to an activating group) is 1. The molecule has 0 radical (unpaired) electrons. The zero-order chi connectivity index (χ0) is 51.9. The topological polar surface area (TPSA) is 91.3 Å². The Hall–Kier alpha value is -1.02. The maximum absolute atomic E-state index is 12.8. The van der Waals surface area contributed by atoms with Crippen LogP contribution in [0.5, 0.6) is 0 Å². The second-order valence-corrected chi connectivity index (χ2v) is 23.9. The molecule has 2 unspecified atom stereocenters. The number of allylic oxidation sites excluding steroid dienone is 4. The number of phosphoric ester groups is 1. The van der Waals surface area contributed by atoms with Crippen molar-refractivity contribution in [2.24, 2.45) is 0 Å². The zero-order valence-electron chi connectivity index (χ0n) is 48.2. The van der Waals surface area contributed by atoms with E-state index in [2.05, 4.69) is 38.2 Å². The monoisotopic (exact) mass is 1020 g/mol. The smallest absolute Gasteiger partial charge is 0.457 e. The molecule has 1 N–H and O–H groups in total. The highest BCUT2D eigenvalue weighted by atomic mass is 31.2. The van der Waals surface area contributed by atoms with E-state index in [1.54, 1.807) is 0 Å². The summed E-state index contributed by atoms with van der Waals surface area (Å²) in [5.41, 5.74) is 0. The maximum atomic E-state index is 12.8. The lowest BCUT2D eigenvalue weighted by molar-refractivity contribution is -0.870. The van der Waals surface area contributed by atoms with E-state index in [-0.39, 0.29) is 25.8 Å². The number of nitrogens with zero attached hydrogens (tertiary/aromatic N) is 1. The third kappa shape index (κ3) is 59.7. The summed E-state index contributed by atoms with van der Waals surface area (Å²) >= 11 is 0. The Morgan fingerprint density at radius 3 is 1.14 bits per heavy atom. The van der Waals surface area contributed by atoms with Crippen LogP contribution in [0.1, 0.15) is 309 Å². The van der Waals surface area contributed by atoms with Crippen LogP contribution in [0.25, 0.3) is 0 Å². The minimum atomic E-state index is -4.28. The van der Waals surface area contributed by atoms with Gasteiger partial charge >= 0.3 is 13.8 Å². The Morgan fingerprint density at radius 1 is 0.437 bits per heavy atom. The van der Waals surface area contributed by atoms with Gasteiger partial charge in [0.25, 0.3) is 0 Å². The average Bonchev–Trinajstić information content (AvgIpc) is 3.33. The molecule has 0 rings (SSSR count). The number of unbranched alkanes of at least 4 members (excludes halogenated alkanes) is 41. The van der Waals surface area contributed by atoms with E-state index in [0.717, 1.165) is 38.5 Å². The van der Waals surface area contributed by atoms with Gasteiger partial charge in [-0.15, -0.1) is 0 Å². The van der Waals surface area contributed by atoms with Gasteiger partial charge in [-0.3, -0.25) is 13.8 Å². The van der Waals surface area contributed by atoms with Crippen LogP contribution in [0, 0.1) is 0 Å². The van der Waals surface area contributed by atoms with Crippen molar-refractivity contribution >= 4 is 13.8 Å². The summed E-state index contributed by atoms with van der Waals surface area (Å²) in [5, 5.41) is 0. The van der Waals surface area contributed by atoms with Crippen molar-refractivity contribution in [3.63, 3.8) is 0 Å². The standard InChI is InChI=1S/C62H122NO7P/c1-6-8-10-12-14-16-18-20-22-24-26-28-30-31-32-34-36-38-40-42-44-46-48-50-52-54-57-67-59-61(60-69-71(65,66)68-58-56-63(3,4)5)70-62(64)55-53-51-49-47-45-43-41-39-37-35-33-29-27-25-23-21-19-17-15-13-11-9-7-2/h19,21,25,27,61H,6-18,20,22-24,26,28-60H2,1-5H3/p+1/b21-19-,27-25-. The molecule has 8 nitrogen and oxygen atoms in total. The van der Waals surface area contributed by atoms with Gasteiger partial charge < -0.3 is 18.9 Å². The normalized spacial score (nSPS) is 13.5. The van der Waals surface area contributed by atoms with Crippen LogP contribution < -0.4 is 0 Å². The molecule has 0 aromatic rings. The van der Waals surface area contributed by atoms with Gasteiger partial charge in [0, 0.05) is 13.0 Å². The van der Waals surface area contributed by atoms with E-state index in [9.17, 15) is 14.3 Å². The molecule has 0 aromatic heterocycles. The molecular weight excluding hydrogens is 902 g/mol. The van der Waals surface area contributed by atoms with Gasteiger partial charge in [0.15, 0.2) is 0 Å². The van der Waals surface area contributed by atoms with Crippen LogP contribution in [0.2, 0.25) is 0 Å². The highest BCUT2D eigenvalue weighted by Crippen LogP contribution is 2.43. The molecule has 9 heteroatoms. The molecule has 0 heterocycles. The molecule has 0 bridgehead atoms. The molecule has 0 aromatic carbocycles. The third-order valence-corrected chi connectivity index (χ3v) is 15.0. The zero-order valence-corrected chi connectivity index (χ0v) is 49.1. The largest absolute Gasteiger partial charge is 0.472 e. The average molecular weight is 1030 g/mol. The number of phosphoric acid groups is 1. The number of carbonyl (C=O) groups excluding carboxylic acids is 1. The van der Waals surface area contributed by atoms with Crippen molar-refractivity contribution in [3.8, 4) is 0 Å². The first-order valence-corrected chi connectivity index (χ1v) is 32.6. The van der Waals surface area contributed by atoms with Crippen molar-refractivity contribution in [3.05, 3.63) is 24.3 Å². The van der Waals surface area contributed by atoms with E-state index in [1.165, 1.54) is 250 Å². The van der Waals surface area contributed by atoms with Gasteiger partial charge in [0.1, 0.15) is 19.3 Å².